The van der Waals surface area contributed by atoms with Crippen molar-refractivity contribution >= 4 is 11.5 Å². The zero-order chi connectivity index (χ0) is 14.4. The normalized spacial score (nSPS) is 9.65. The molecule has 0 radical (unpaired) electrons. The second-order valence-corrected chi connectivity index (χ2v) is 3.95. The Hall–Kier alpha value is -2.75. The molecule has 0 heterocycles. The van der Waals surface area contributed by atoms with E-state index < -0.39 is 5.97 Å². The second-order valence-electron chi connectivity index (χ2n) is 3.95. The summed E-state index contributed by atoms with van der Waals surface area (Å²) in [7, 11) is 1.51. The van der Waals surface area contributed by atoms with Crippen LogP contribution in [0.25, 0.3) is 5.57 Å². The van der Waals surface area contributed by atoms with Crippen molar-refractivity contribution in [2.24, 2.45) is 0 Å². The predicted molar refractivity (Wildman–Crippen MR) is 75.2 cm³/mol. The maximum Gasteiger partial charge on any atom is 0.386 e. The Kier molecular flexibility index (Phi) is 4.39. The molecule has 2 rings (SSSR count). The Bertz CT molecular complexity index is 605. The number of methoxy groups -OCH3 is 1. The van der Waals surface area contributed by atoms with E-state index in [2.05, 4.69) is 6.58 Å². The van der Waals surface area contributed by atoms with Crippen molar-refractivity contribution < 1.29 is 19.3 Å². The highest BCUT2D eigenvalue weighted by atomic mass is 17.2. The molecule has 0 aliphatic carbocycles. The van der Waals surface area contributed by atoms with Gasteiger partial charge in [-0.05, 0) is 17.7 Å². The first-order valence-electron chi connectivity index (χ1n) is 5.98. The number of rotatable bonds is 5. The van der Waals surface area contributed by atoms with E-state index in [9.17, 15) is 4.79 Å². The molecule has 0 aromatic heterocycles. The van der Waals surface area contributed by atoms with Gasteiger partial charge in [-0.2, -0.15) is 0 Å². The predicted octanol–water partition coefficient (Wildman–Crippen LogP) is 3.25. The lowest BCUT2D eigenvalue weighted by Crippen LogP contribution is -2.09. The van der Waals surface area contributed by atoms with Crippen LogP contribution in [0, 0.1) is 0 Å². The van der Waals surface area contributed by atoms with Crippen LogP contribution in [-0.2, 0) is 9.68 Å². The van der Waals surface area contributed by atoms with Gasteiger partial charge in [0.1, 0.15) is 0 Å². The zero-order valence-corrected chi connectivity index (χ0v) is 11.0. The fourth-order valence-electron chi connectivity index (χ4n) is 1.58. The first-order valence-corrected chi connectivity index (χ1v) is 5.98. The molecule has 0 saturated carbocycles. The Morgan fingerprint density at radius 1 is 0.950 bits per heavy atom. The molecule has 20 heavy (non-hydrogen) atoms. The zero-order valence-electron chi connectivity index (χ0n) is 11.0. The van der Waals surface area contributed by atoms with Crippen LogP contribution in [0.4, 0.5) is 0 Å². The summed E-state index contributed by atoms with van der Waals surface area (Å²) in [6, 6.07) is 15.9. The second kappa shape index (κ2) is 6.43. The molecule has 0 spiro atoms. The first kappa shape index (κ1) is 13.7. The molecule has 0 bridgehead atoms. The lowest BCUT2D eigenvalue weighted by atomic mass is 10.1. The quantitative estimate of drug-likeness (QED) is 0.475. The molecule has 4 heteroatoms. The summed E-state index contributed by atoms with van der Waals surface area (Å²) in [5.41, 5.74) is 0.904. The van der Waals surface area contributed by atoms with E-state index in [-0.39, 0.29) is 5.57 Å². The van der Waals surface area contributed by atoms with Gasteiger partial charge in [-0.15, -0.1) is 0 Å². The fraction of sp³-hybridized carbons (Fsp3) is 0.0625. The highest BCUT2D eigenvalue weighted by Gasteiger charge is 2.14. The molecule has 0 aliphatic rings. The van der Waals surface area contributed by atoms with Crippen molar-refractivity contribution in [3.05, 3.63) is 66.7 Å². The van der Waals surface area contributed by atoms with E-state index in [1.807, 2.05) is 18.2 Å². The summed E-state index contributed by atoms with van der Waals surface area (Å²) in [5, 5.41) is 0. The number of para-hydroxylation sites is 2. The Labute approximate surface area is 117 Å². The van der Waals surface area contributed by atoms with E-state index >= 15 is 0 Å². The summed E-state index contributed by atoms with van der Waals surface area (Å²) < 4.78 is 5.08. The van der Waals surface area contributed by atoms with Crippen molar-refractivity contribution in [2.45, 2.75) is 0 Å². The van der Waals surface area contributed by atoms with Crippen LogP contribution in [0.2, 0.25) is 0 Å². The van der Waals surface area contributed by atoms with Crippen LogP contribution in [0.5, 0.6) is 11.5 Å². The molecule has 0 fully saturated rings. The molecule has 4 nitrogen and oxygen atoms in total. The Morgan fingerprint density at radius 2 is 1.55 bits per heavy atom. The topological polar surface area (TPSA) is 44.8 Å². The average molecular weight is 270 g/mol. The van der Waals surface area contributed by atoms with Crippen molar-refractivity contribution in [1.82, 2.24) is 0 Å². The van der Waals surface area contributed by atoms with Crippen LogP contribution < -0.4 is 9.62 Å². The smallest absolute Gasteiger partial charge is 0.386 e. The van der Waals surface area contributed by atoms with Gasteiger partial charge in [-0.1, -0.05) is 49.0 Å². The molecule has 0 N–H and O–H groups in total. The van der Waals surface area contributed by atoms with Gasteiger partial charge in [0, 0.05) is 0 Å². The summed E-state index contributed by atoms with van der Waals surface area (Å²) >= 11 is 0. The molecular weight excluding hydrogens is 256 g/mol. The van der Waals surface area contributed by atoms with E-state index in [4.69, 9.17) is 14.5 Å². The molecular formula is C16H14O4. The van der Waals surface area contributed by atoms with Gasteiger partial charge in [0.15, 0.2) is 5.75 Å². The SMILES string of the molecule is C=C(C(=O)OOc1ccccc1OC)c1ccccc1. The van der Waals surface area contributed by atoms with E-state index in [0.29, 0.717) is 17.1 Å². The minimum absolute atomic E-state index is 0.223. The number of hydrogen-bond donors (Lipinski definition) is 0. The van der Waals surface area contributed by atoms with Gasteiger partial charge in [0.2, 0.25) is 5.75 Å². The number of ether oxygens (including phenoxy) is 1. The molecule has 2 aromatic carbocycles. The third-order valence-electron chi connectivity index (χ3n) is 2.64. The molecule has 0 aliphatic heterocycles. The maximum atomic E-state index is 11.8. The van der Waals surface area contributed by atoms with Crippen LogP contribution in [0.1, 0.15) is 5.56 Å². The Balaban J connectivity index is 2.01. The van der Waals surface area contributed by atoms with Crippen molar-refractivity contribution in [2.75, 3.05) is 7.11 Å². The lowest BCUT2D eigenvalue weighted by molar-refractivity contribution is -0.206. The molecule has 102 valence electrons. The summed E-state index contributed by atoms with van der Waals surface area (Å²) in [6.45, 7) is 3.69. The third-order valence-corrected chi connectivity index (χ3v) is 2.64. The van der Waals surface area contributed by atoms with Gasteiger partial charge in [0.25, 0.3) is 0 Å². The van der Waals surface area contributed by atoms with Crippen molar-refractivity contribution in [1.29, 1.82) is 0 Å². The molecule has 0 amide bonds. The molecule has 0 unspecified atom stereocenters. The number of carbonyl (C=O) groups excluding carboxylic acids is 1. The minimum Gasteiger partial charge on any atom is -0.493 e. The molecule has 0 saturated heterocycles. The van der Waals surface area contributed by atoms with Gasteiger partial charge in [-0.3, -0.25) is 4.89 Å². The number of benzene rings is 2. The van der Waals surface area contributed by atoms with Gasteiger partial charge >= 0.3 is 5.97 Å². The monoisotopic (exact) mass is 270 g/mol. The van der Waals surface area contributed by atoms with E-state index in [1.54, 1.807) is 36.4 Å². The van der Waals surface area contributed by atoms with E-state index in [0.717, 1.165) is 0 Å². The number of hydrogen-bond acceptors (Lipinski definition) is 4. The highest BCUT2D eigenvalue weighted by Crippen LogP contribution is 2.26. The van der Waals surface area contributed by atoms with Crippen LogP contribution >= 0.6 is 0 Å². The Morgan fingerprint density at radius 3 is 2.20 bits per heavy atom. The minimum atomic E-state index is -0.651. The highest BCUT2D eigenvalue weighted by molar-refractivity contribution is 6.15. The number of carbonyl (C=O) groups is 1. The van der Waals surface area contributed by atoms with Gasteiger partial charge in [0.05, 0.1) is 12.7 Å². The van der Waals surface area contributed by atoms with Crippen molar-refractivity contribution in [3.63, 3.8) is 0 Å². The summed E-state index contributed by atoms with van der Waals surface area (Å²) in [4.78, 5) is 21.6. The summed E-state index contributed by atoms with van der Waals surface area (Å²) in [6.07, 6.45) is 0. The first-order chi connectivity index (χ1) is 9.72. The fourth-order valence-corrected chi connectivity index (χ4v) is 1.58. The molecule has 0 atom stereocenters. The van der Waals surface area contributed by atoms with Crippen LogP contribution in [-0.4, -0.2) is 13.1 Å². The lowest BCUT2D eigenvalue weighted by Gasteiger charge is -2.09. The summed E-state index contributed by atoms with van der Waals surface area (Å²) in [5.74, 6) is 0.150. The third kappa shape index (κ3) is 3.17. The van der Waals surface area contributed by atoms with Gasteiger partial charge in [-0.25, -0.2) is 9.68 Å². The van der Waals surface area contributed by atoms with E-state index in [1.165, 1.54) is 7.11 Å². The molecule has 2 aromatic rings. The van der Waals surface area contributed by atoms with Crippen LogP contribution in [0.15, 0.2) is 61.2 Å². The van der Waals surface area contributed by atoms with Crippen LogP contribution in [0.3, 0.4) is 0 Å². The average Bonchev–Trinajstić information content (AvgIpc) is 2.53. The maximum absolute atomic E-state index is 11.8. The van der Waals surface area contributed by atoms with Crippen molar-refractivity contribution in [3.8, 4) is 11.5 Å². The van der Waals surface area contributed by atoms with Gasteiger partial charge < -0.3 is 4.74 Å². The standard InChI is InChI=1S/C16H14O4/c1-12(13-8-4-3-5-9-13)16(17)20-19-15-11-7-6-10-14(15)18-2/h3-11H,1H2,2H3. The largest absolute Gasteiger partial charge is 0.493 e.